The summed E-state index contributed by atoms with van der Waals surface area (Å²) in [4.78, 5) is 0. The number of nitrogens with one attached hydrogen (secondary N) is 1. The van der Waals surface area contributed by atoms with Crippen LogP contribution in [0.1, 0.15) is 63.5 Å². The maximum absolute atomic E-state index is 3.42. The van der Waals surface area contributed by atoms with E-state index in [1.54, 1.807) is 0 Å². The third-order valence-electron chi connectivity index (χ3n) is 3.59. The van der Waals surface area contributed by atoms with Gasteiger partial charge in [0.15, 0.2) is 0 Å². The lowest BCUT2D eigenvalue weighted by Crippen LogP contribution is -2.01. The van der Waals surface area contributed by atoms with E-state index in [4.69, 9.17) is 0 Å². The van der Waals surface area contributed by atoms with Crippen LogP contribution in [-0.2, 0) is 12.8 Å². The van der Waals surface area contributed by atoms with Crippen molar-refractivity contribution < 1.29 is 0 Å². The van der Waals surface area contributed by atoms with Crippen LogP contribution < -0.4 is 5.32 Å². The second-order valence-corrected chi connectivity index (χ2v) is 5.12. The van der Waals surface area contributed by atoms with Crippen molar-refractivity contribution in [2.24, 2.45) is 0 Å². The first-order chi connectivity index (χ1) is 8.83. The maximum atomic E-state index is 3.42. The van der Waals surface area contributed by atoms with Gasteiger partial charge in [0.1, 0.15) is 0 Å². The highest BCUT2D eigenvalue weighted by Gasteiger charge is 2.06. The van der Waals surface area contributed by atoms with Crippen LogP contribution in [0.4, 0.5) is 5.69 Å². The van der Waals surface area contributed by atoms with E-state index < -0.39 is 0 Å². The van der Waals surface area contributed by atoms with Crippen LogP contribution in [0.25, 0.3) is 0 Å². The molecule has 0 saturated heterocycles. The van der Waals surface area contributed by atoms with Crippen molar-refractivity contribution in [3.63, 3.8) is 0 Å². The van der Waals surface area contributed by atoms with Crippen molar-refractivity contribution in [2.75, 3.05) is 12.4 Å². The summed E-state index contributed by atoms with van der Waals surface area (Å²) < 4.78 is 0. The number of para-hydroxylation sites is 1. The number of aryl methyl sites for hydroxylation is 2. The lowest BCUT2D eigenvalue weighted by Gasteiger charge is -2.14. The zero-order valence-electron chi connectivity index (χ0n) is 12.4. The Morgan fingerprint density at radius 2 is 1.33 bits per heavy atom. The van der Waals surface area contributed by atoms with Crippen LogP contribution in [0.5, 0.6) is 0 Å². The molecule has 0 amide bonds. The molecule has 1 rings (SSSR count). The Morgan fingerprint density at radius 1 is 0.833 bits per heavy atom. The first-order valence-electron chi connectivity index (χ1n) is 7.62. The molecule has 0 aliphatic rings. The van der Waals surface area contributed by atoms with Crippen LogP contribution in [-0.4, -0.2) is 7.05 Å². The average Bonchev–Trinajstić information content (AvgIpc) is 2.39. The fraction of sp³-hybridized carbons (Fsp3) is 0.647. The Hall–Kier alpha value is -0.980. The van der Waals surface area contributed by atoms with Crippen molar-refractivity contribution in [3.8, 4) is 0 Å². The van der Waals surface area contributed by atoms with E-state index >= 15 is 0 Å². The quantitative estimate of drug-likeness (QED) is 0.592. The molecule has 0 atom stereocenters. The number of hydrogen-bond donors (Lipinski definition) is 1. The van der Waals surface area contributed by atoms with E-state index in [2.05, 4.69) is 44.4 Å². The predicted molar refractivity (Wildman–Crippen MR) is 82.4 cm³/mol. The third-order valence-corrected chi connectivity index (χ3v) is 3.59. The van der Waals surface area contributed by atoms with Crippen molar-refractivity contribution in [2.45, 2.75) is 65.2 Å². The van der Waals surface area contributed by atoms with Gasteiger partial charge < -0.3 is 5.32 Å². The van der Waals surface area contributed by atoms with E-state index in [9.17, 15) is 0 Å². The Kier molecular flexibility index (Phi) is 7.55. The van der Waals surface area contributed by atoms with Gasteiger partial charge in [-0.15, -0.1) is 0 Å². The zero-order valence-corrected chi connectivity index (χ0v) is 12.4. The highest BCUT2D eigenvalue weighted by Crippen LogP contribution is 2.24. The highest BCUT2D eigenvalue weighted by molar-refractivity contribution is 5.57. The van der Waals surface area contributed by atoms with Crippen molar-refractivity contribution in [1.29, 1.82) is 0 Å². The first-order valence-corrected chi connectivity index (χ1v) is 7.62. The van der Waals surface area contributed by atoms with E-state index in [1.165, 1.54) is 68.2 Å². The maximum Gasteiger partial charge on any atom is 0.0402 e. The normalized spacial score (nSPS) is 10.6. The molecule has 1 heteroatoms. The van der Waals surface area contributed by atoms with E-state index in [-0.39, 0.29) is 0 Å². The molecule has 0 bridgehead atoms. The number of unbranched alkanes of at least 4 members (excludes halogenated alkanes) is 4. The van der Waals surface area contributed by atoms with Crippen molar-refractivity contribution in [3.05, 3.63) is 29.3 Å². The Labute approximate surface area is 113 Å². The lowest BCUT2D eigenvalue weighted by atomic mass is 9.98. The number of rotatable bonds is 9. The topological polar surface area (TPSA) is 12.0 Å². The van der Waals surface area contributed by atoms with E-state index in [0.717, 1.165) is 0 Å². The van der Waals surface area contributed by atoms with Gasteiger partial charge >= 0.3 is 0 Å². The molecule has 0 fully saturated rings. The summed E-state index contributed by atoms with van der Waals surface area (Å²) in [5, 5.41) is 3.42. The Bertz CT molecular complexity index is 302. The van der Waals surface area contributed by atoms with Gasteiger partial charge in [-0.1, -0.05) is 57.7 Å². The second kappa shape index (κ2) is 9.02. The van der Waals surface area contributed by atoms with Crippen molar-refractivity contribution >= 4 is 5.69 Å². The number of anilines is 1. The standard InChI is InChI=1S/C17H29N/c1-4-6-8-11-15-13-10-14-16(17(15)18-3)12-9-7-5-2/h10,13-14,18H,4-9,11-12H2,1-3H3. The summed E-state index contributed by atoms with van der Waals surface area (Å²) in [5.74, 6) is 0. The minimum atomic E-state index is 1.21. The van der Waals surface area contributed by atoms with E-state index in [1.807, 2.05) is 0 Å². The van der Waals surface area contributed by atoms with Crippen LogP contribution >= 0.6 is 0 Å². The summed E-state index contributed by atoms with van der Waals surface area (Å²) in [6, 6.07) is 6.79. The lowest BCUT2D eigenvalue weighted by molar-refractivity contribution is 0.710. The molecule has 1 nitrogen and oxygen atoms in total. The van der Waals surface area contributed by atoms with Gasteiger partial charge in [0.2, 0.25) is 0 Å². The zero-order chi connectivity index (χ0) is 13.2. The molecular weight excluding hydrogens is 218 g/mol. The summed E-state index contributed by atoms with van der Waals surface area (Å²) in [6.45, 7) is 4.53. The fourth-order valence-electron chi connectivity index (χ4n) is 2.52. The Morgan fingerprint density at radius 3 is 1.72 bits per heavy atom. The van der Waals surface area contributed by atoms with Gasteiger partial charge in [0, 0.05) is 12.7 Å². The molecule has 0 unspecified atom stereocenters. The first kappa shape index (κ1) is 15.1. The molecule has 1 aromatic rings. The van der Waals surface area contributed by atoms with Crippen LogP contribution in [0.2, 0.25) is 0 Å². The molecule has 0 saturated carbocycles. The number of hydrogen-bond acceptors (Lipinski definition) is 1. The second-order valence-electron chi connectivity index (χ2n) is 5.12. The van der Waals surface area contributed by atoms with Gasteiger partial charge in [-0.3, -0.25) is 0 Å². The Balaban J connectivity index is 2.68. The van der Waals surface area contributed by atoms with Gasteiger partial charge in [0.05, 0.1) is 0 Å². The number of benzene rings is 1. The smallest absolute Gasteiger partial charge is 0.0402 e. The van der Waals surface area contributed by atoms with Crippen LogP contribution in [0, 0.1) is 0 Å². The third kappa shape index (κ3) is 4.72. The summed E-state index contributed by atoms with van der Waals surface area (Å²) in [7, 11) is 2.06. The molecule has 102 valence electrons. The molecule has 0 aliphatic heterocycles. The average molecular weight is 247 g/mol. The monoisotopic (exact) mass is 247 g/mol. The molecule has 1 aromatic carbocycles. The van der Waals surface area contributed by atoms with Crippen LogP contribution in [0.3, 0.4) is 0 Å². The van der Waals surface area contributed by atoms with Crippen LogP contribution in [0.15, 0.2) is 18.2 Å². The summed E-state index contributed by atoms with van der Waals surface area (Å²) >= 11 is 0. The molecule has 18 heavy (non-hydrogen) atoms. The van der Waals surface area contributed by atoms with E-state index in [0.29, 0.717) is 0 Å². The minimum absolute atomic E-state index is 1.21. The van der Waals surface area contributed by atoms with Gasteiger partial charge in [-0.05, 0) is 36.8 Å². The molecule has 0 heterocycles. The molecule has 0 spiro atoms. The summed E-state index contributed by atoms with van der Waals surface area (Å²) in [5.41, 5.74) is 4.39. The summed E-state index contributed by atoms with van der Waals surface area (Å²) in [6.07, 6.45) is 10.3. The molecule has 1 N–H and O–H groups in total. The fourth-order valence-corrected chi connectivity index (χ4v) is 2.52. The molecular formula is C17H29N. The van der Waals surface area contributed by atoms with Gasteiger partial charge in [-0.2, -0.15) is 0 Å². The highest BCUT2D eigenvalue weighted by atomic mass is 14.8. The largest absolute Gasteiger partial charge is 0.388 e. The minimum Gasteiger partial charge on any atom is -0.388 e. The molecule has 0 radical (unpaired) electrons. The predicted octanol–water partition coefficient (Wildman–Crippen LogP) is 5.19. The van der Waals surface area contributed by atoms with Gasteiger partial charge in [-0.25, -0.2) is 0 Å². The molecule has 0 aliphatic carbocycles. The van der Waals surface area contributed by atoms with Crippen molar-refractivity contribution in [1.82, 2.24) is 0 Å². The molecule has 0 aromatic heterocycles. The SMILES string of the molecule is CCCCCc1cccc(CCCCC)c1NC. The van der Waals surface area contributed by atoms with Gasteiger partial charge in [0.25, 0.3) is 0 Å².